The van der Waals surface area contributed by atoms with Gasteiger partial charge in [-0.2, -0.15) is 4.37 Å². The number of aryl methyl sites for hydroxylation is 1. The molecule has 0 spiro atoms. The van der Waals surface area contributed by atoms with Crippen LogP contribution in [0.5, 0.6) is 0 Å². The van der Waals surface area contributed by atoms with Crippen LogP contribution in [0, 0.1) is 12.8 Å². The third kappa shape index (κ3) is 5.57. The van der Waals surface area contributed by atoms with Crippen LogP contribution in [0.25, 0.3) is 0 Å². The van der Waals surface area contributed by atoms with Crippen LogP contribution in [0.3, 0.4) is 0 Å². The molecule has 34 heavy (non-hydrogen) atoms. The van der Waals surface area contributed by atoms with Gasteiger partial charge in [-0.1, -0.05) is 31.5 Å². The molecule has 3 rings (SSSR count). The van der Waals surface area contributed by atoms with Gasteiger partial charge in [0.1, 0.15) is 10.9 Å². The monoisotopic (exact) mass is 480 g/mol. The number of primary amides is 1. The highest BCUT2D eigenvalue weighted by atomic mass is 32.1. The van der Waals surface area contributed by atoms with Gasteiger partial charge in [0, 0.05) is 24.6 Å². The topological polar surface area (TPSA) is 144 Å². The van der Waals surface area contributed by atoms with Crippen molar-refractivity contribution < 1.29 is 14.4 Å². The maximum Gasteiger partial charge on any atom is 0.273 e. The molecule has 1 atom stereocenters. The van der Waals surface area contributed by atoms with Crippen LogP contribution in [0.1, 0.15) is 57.6 Å². The third-order valence-corrected chi connectivity index (χ3v) is 6.09. The fraction of sp³-hybridized carbons (Fsp3) is 0.292. The van der Waals surface area contributed by atoms with E-state index in [-0.39, 0.29) is 22.2 Å². The average Bonchev–Trinajstić information content (AvgIpc) is 3.19. The molecule has 10 heteroatoms. The number of nitrogen functional groups attached to an aromatic ring is 1. The molecule has 0 bridgehead atoms. The number of hydrogen-bond acceptors (Lipinski definition) is 7. The van der Waals surface area contributed by atoms with Crippen LogP contribution in [0.15, 0.2) is 48.8 Å². The van der Waals surface area contributed by atoms with Gasteiger partial charge in [0.05, 0.1) is 5.69 Å². The van der Waals surface area contributed by atoms with E-state index in [1.165, 1.54) is 4.90 Å². The molecule has 2 heterocycles. The number of rotatable bonds is 9. The Hall–Kier alpha value is -3.79. The minimum absolute atomic E-state index is 0.0309. The third-order valence-electron chi connectivity index (χ3n) is 5.24. The summed E-state index contributed by atoms with van der Waals surface area (Å²) >= 11 is 0.774. The van der Waals surface area contributed by atoms with Gasteiger partial charge in [-0.25, -0.2) is 0 Å². The smallest absolute Gasteiger partial charge is 0.273 e. The van der Waals surface area contributed by atoms with E-state index in [0.29, 0.717) is 23.7 Å². The highest BCUT2D eigenvalue weighted by molar-refractivity contribution is 7.09. The van der Waals surface area contributed by atoms with E-state index in [9.17, 15) is 14.4 Å². The summed E-state index contributed by atoms with van der Waals surface area (Å²) in [4.78, 5) is 44.5. The minimum Gasteiger partial charge on any atom is -0.395 e. The number of carbonyl (C=O) groups excluding carboxylic acids is 3. The molecule has 2 aromatic heterocycles. The van der Waals surface area contributed by atoms with Crippen molar-refractivity contribution in [3.63, 3.8) is 0 Å². The molecule has 0 saturated heterocycles. The van der Waals surface area contributed by atoms with Gasteiger partial charge in [0.2, 0.25) is 5.91 Å². The maximum atomic E-state index is 13.9. The standard InChI is InChI=1S/C24H28N6O3S/c1-14(2)8-13-28-23(32)20(16-9-11-27-12-10-16)30(17-6-4-15(3)5-7-17)24(33)21-18(25)19(22(26)31)29-34-21/h4-7,9-12,14,20H,8,13,25H2,1-3H3,(H2,26,31)(H,28,32)/t20-/m1/s1. The molecule has 1 aromatic carbocycles. The molecule has 0 unspecified atom stereocenters. The molecule has 9 nitrogen and oxygen atoms in total. The normalized spacial score (nSPS) is 11.8. The van der Waals surface area contributed by atoms with E-state index in [4.69, 9.17) is 11.5 Å². The second-order valence-electron chi connectivity index (χ2n) is 8.31. The van der Waals surface area contributed by atoms with Crippen molar-refractivity contribution in [2.24, 2.45) is 11.7 Å². The molecule has 178 valence electrons. The Morgan fingerprint density at radius 1 is 1.09 bits per heavy atom. The summed E-state index contributed by atoms with van der Waals surface area (Å²) in [6, 6.07) is 9.58. The van der Waals surface area contributed by atoms with Crippen LogP contribution in [0.4, 0.5) is 11.4 Å². The van der Waals surface area contributed by atoms with Gasteiger partial charge >= 0.3 is 0 Å². The molecule has 0 aliphatic heterocycles. The lowest BCUT2D eigenvalue weighted by Gasteiger charge is -2.31. The number of amides is 3. The fourth-order valence-corrected chi connectivity index (χ4v) is 4.11. The van der Waals surface area contributed by atoms with Crippen LogP contribution >= 0.6 is 11.5 Å². The zero-order chi connectivity index (χ0) is 24.8. The Bertz CT molecular complexity index is 1160. The molecular formula is C24H28N6O3S. The zero-order valence-corrected chi connectivity index (χ0v) is 20.1. The van der Waals surface area contributed by atoms with Crippen LogP contribution in [-0.4, -0.2) is 33.6 Å². The second-order valence-corrected chi connectivity index (χ2v) is 9.08. The van der Waals surface area contributed by atoms with Crippen molar-refractivity contribution in [3.8, 4) is 0 Å². The zero-order valence-electron chi connectivity index (χ0n) is 19.3. The number of hydrogen-bond donors (Lipinski definition) is 3. The van der Waals surface area contributed by atoms with Gasteiger partial charge in [0.25, 0.3) is 11.8 Å². The van der Waals surface area contributed by atoms with E-state index in [0.717, 1.165) is 23.5 Å². The number of nitrogens with one attached hydrogen (secondary N) is 1. The van der Waals surface area contributed by atoms with Crippen molar-refractivity contribution in [1.29, 1.82) is 0 Å². The summed E-state index contributed by atoms with van der Waals surface area (Å²) in [6.45, 7) is 6.52. The Labute approximate surface area is 202 Å². The summed E-state index contributed by atoms with van der Waals surface area (Å²) in [7, 11) is 0. The Morgan fingerprint density at radius 3 is 2.29 bits per heavy atom. The summed E-state index contributed by atoms with van der Waals surface area (Å²) in [5.74, 6) is -1.34. The minimum atomic E-state index is -1.01. The first-order valence-corrected chi connectivity index (χ1v) is 11.6. The Morgan fingerprint density at radius 2 is 1.74 bits per heavy atom. The van der Waals surface area contributed by atoms with Gasteiger partial charge in [0.15, 0.2) is 5.69 Å². The van der Waals surface area contributed by atoms with Gasteiger partial charge in [-0.05, 0) is 60.6 Å². The summed E-state index contributed by atoms with van der Waals surface area (Å²) < 4.78 is 3.96. The maximum absolute atomic E-state index is 13.9. The predicted octanol–water partition coefficient (Wildman–Crippen LogP) is 3.08. The van der Waals surface area contributed by atoms with Crippen molar-refractivity contribution in [3.05, 3.63) is 70.5 Å². The Kier molecular flexibility index (Phi) is 7.95. The molecule has 0 aliphatic rings. The molecule has 0 aliphatic carbocycles. The average molecular weight is 481 g/mol. The molecule has 5 N–H and O–H groups in total. The van der Waals surface area contributed by atoms with E-state index < -0.39 is 17.9 Å². The van der Waals surface area contributed by atoms with Crippen LogP contribution in [-0.2, 0) is 4.79 Å². The first-order chi connectivity index (χ1) is 16.2. The Balaban J connectivity index is 2.12. The summed E-state index contributed by atoms with van der Waals surface area (Å²) in [5.41, 5.74) is 13.2. The summed E-state index contributed by atoms with van der Waals surface area (Å²) in [6.07, 6.45) is 3.92. The van der Waals surface area contributed by atoms with Crippen LogP contribution < -0.4 is 21.7 Å². The van der Waals surface area contributed by atoms with Gasteiger partial charge in [-0.3, -0.25) is 24.3 Å². The molecule has 3 aromatic rings. The van der Waals surface area contributed by atoms with Gasteiger partial charge in [-0.15, -0.1) is 0 Å². The highest BCUT2D eigenvalue weighted by Crippen LogP contribution is 2.33. The molecule has 0 saturated carbocycles. The highest BCUT2D eigenvalue weighted by Gasteiger charge is 2.35. The largest absolute Gasteiger partial charge is 0.395 e. The van der Waals surface area contributed by atoms with Gasteiger partial charge < -0.3 is 16.8 Å². The lowest BCUT2D eigenvalue weighted by atomic mass is 10.0. The quantitative estimate of drug-likeness (QED) is 0.429. The molecule has 0 radical (unpaired) electrons. The number of benzene rings is 1. The number of aromatic nitrogens is 2. The van der Waals surface area contributed by atoms with Crippen molar-refractivity contribution in [1.82, 2.24) is 14.7 Å². The van der Waals surface area contributed by atoms with E-state index in [2.05, 4.69) is 28.5 Å². The lowest BCUT2D eigenvalue weighted by molar-refractivity contribution is -0.122. The van der Waals surface area contributed by atoms with Crippen molar-refractivity contribution in [2.45, 2.75) is 33.2 Å². The lowest BCUT2D eigenvalue weighted by Crippen LogP contribution is -2.44. The molecule has 3 amide bonds. The number of nitrogens with two attached hydrogens (primary N) is 2. The number of nitrogens with zero attached hydrogens (tertiary/aromatic N) is 3. The first-order valence-electron chi connectivity index (χ1n) is 10.8. The van der Waals surface area contributed by atoms with E-state index in [1.54, 1.807) is 36.7 Å². The van der Waals surface area contributed by atoms with Crippen molar-refractivity contribution in [2.75, 3.05) is 17.2 Å². The predicted molar refractivity (Wildman–Crippen MR) is 132 cm³/mol. The SMILES string of the molecule is Cc1ccc(N(C(=O)c2snc(C(N)=O)c2N)[C@@H](C(=O)NCCC(C)C)c2ccncc2)cc1. The van der Waals surface area contributed by atoms with Crippen molar-refractivity contribution >= 4 is 40.6 Å². The second kappa shape index (κ2) is 10.9. The van der Waals surface area contributed by atoms with E-state index >= 15 is 0 Å². The first kappa shape index (κ1) is 24.8. The fourth-order valence-electron chi connectivity index (χ4n) is 3.37. The summed E-state index contributed by atoms with van der Waals surface area (Å²) in [5, 5.41) is 2.95. The van der Waals surface area contributed by atoms with E-state index in [1.807, 2.05) is 19.1 Å². The molecular weight excluding hydrogens is 452 g/mol. The number of anilines is 2. The van der Waals surface area contributed by atoms with Crippen LogP contribution in [0.2, 0.25) is 0 Å². The number of pyridine rings is 1. The number of carbonyl (C=O) groups is 3. The molecule has 0 fully saturated rings.